The molecule has 2 rings (SSSR count). The van der Waals surface area contributed by atoms with Gasteiger partial charge in [0.25, 0.3) is 11.5 Å². The molecule has 0 unspecified atom stereocenters. The molecule has 0 aliphatic heterocycles. The van der Waals surface area contributed by atoms with Crippen molar-refractivity contribution in [1.82, 2.24) is 9.55 Å². The summed E-state index contributed by atoms with van der Waals surface area (Å²) in [6, 6.07) is 3.21. The SMILES string of the molecule is CC(C)Cc1coc(NC(=O)c2cccn(C)c2=O)n1. The van der Waals surface area contributed by atoms with Crippen molar-refractivity contribution < 1.29 is 9.21 Å². The molecule has 0 bridgehead atoms. The number of amides is 1. The van der Waals surface area contributed by atoms with Gasteiger partial charge in [0.2, 0.25) is 0 Å². The van der Waals surface area contributed by atoms with Gasteiger partial charge in [0, 0.05) is 13.2 Å². The molecule has 6 nitrogen and oxygen atoms in total. The zero-order valence-electron chi connectivity index (χ0n) is 11.7. The molecule has 0 aliphatic rings. The first-order valence-electron chi connectivity index (χ1n) is 6.38. The molecule has 0 spiro atoms. The van der Waals surface area contributed by atoms with Crippen LogP contribution in [0.5, 0.6) is 0 Å². The first-order chi connectivity index (χ1) is 9.47. The number of rotatable bonds is 4. The molecular formula is C14H17N3O3. The number of nitrogens with zero attached hydrogens (tertiary/aromatic N) is 2. The Morgan fingerprint density at radius 1 is 1.50 bits per heavy atom. The second-order valence-corrected chi connectivity index (χ2v) is 5.03. The Morgan fingerprint density at radius 2 is 2.25 bits per heavy atom. The molecule has 2 heterocycles. The summed E-state index contributed by atoms with van der Waals surface area (Å²) in [4.78, 5) is 28.0. The van der Waals surface area contributed by atoms with E-state index in [0.717, 1.165) is 12.1 Å². The molecule has 0 aromatic carbocycles. The number of pyridine rings is 1. The Hall–Kier alpha value is -2.37. The number of anilines is 1. The van der Waals surface area contributed by atoms with Crippen LogP contribution < -0.4 is 10.9 Å². The van der Waals surface area contributed by atoms with E-state index in [-0.39, 0.29) is 17.1 Å². The zero-order valence-corrected chi connectivity index (χ0v) is 11.7. The lowest BCUT2D eigenvalue weighted by atomic mass is 10.1. The van der Waals surface area contributed by atoms with Crippen molar-refractivity contribution in [3.8, 4) is 0 Å². The lowest BCUT2D eigenvalue weighted by Gasteiger charge is -2.02. The maximum atomic E-state index is 12.0. The monoisotopic (exact) mass is 275 g/mol. The van der Waals surface area contributed by atoms with Gasteiger partial charge in [-0.2, -0.15) is 4.98 Å². The van der Waals surface area contributed by atoms with E-state index in [0.29, 0.717) is 5.92 Å². The highest BCUT2D eigenvalue weighted by molar-refractivity contribution is 6.02. The molecule has 0 saturated carbocycles. The van der Waals surface area contributed by atoms with Gasteiger partial charge >= 0.3 is 6.01 Å². The topological polar surface area (TPSA) is 77.1 Å². The fourth-order valence-corrected chi connectivity index (χ4v) is 1.81. The van der Waals surface area contributed by atoms with E-state index in [1.807, 2.05) is 0 Å². The van der Waals surface area contributed by atoms with E-state index in [9.17, 15) is 9.59 Å². The minimum Gasteiger partial charge on any atom is -0.432 e. The summed E-state index contributed by atoms with van der Waals surface area (Å²) in [5.41, 5.74) is 0.467. The van der Waals surface area contributed by atoms with Crippen molar-refractivity contribution in [2.45, 2.75) is 20.3 Å². The van der Waals surface area contributed by atoms with Crippen LogP contribution in [-0.2, 0) is 13.5 Å². The third-order valence-corrected chi connectivity index (χ3v) is 2.76. The van der Waals surface area contributed by atoms with Crippen LogP contribution in [0.2, 0.25) is 0 Å². The maximum Gasteiger partial charge on any atom is 0.301 e. The number of oxazole rings is 1. The molecule has 2 aromatic rings. The highest BCUT2D eigenvalue weighted by atomic mass is 16.4. The van der Waals surface area contributed by atoms with Crippen LogP contribution in [0.1, 0.15) is 29.9 Å². The molecular weight excluding hydrogens is 258 g/mol. The van der Waals surface area contributed by atoms with E-state index >= 15 is 0 Å². The van der Waals surface area contributed by atoms with Gasteiger partial charge in [-0.15, -0.1) is 0 Å². The van der Waals surface area contributed by atoms with Crippen molar-refractivity contribution in [1.29, 1.82) is 0 Å². The van der Waals surface area contributed by atoms with Crippen LogP contribution in [0.3, 0.4) is 0 Å². The molecule has 0 fully saturated rings. The first kappa shape index (κ1) is 14.0. The molecule has 0 saturated heterocycles. The third kappa shape index (κ3) is 3.14. The van der Waals surface area contributed by atoms with Crippen molar-refractivity contribution in [3.63, 3.8) is 0 Å². The third-order valence-electron chi connectivity index (χ3n) is 2.76. The molecule has 20 heavy (non-hydrogen) atoms. The molecule has 1 amide bonds. The summed E-state index contributed by atoms with van der Waals surface area (Å²) in [7, 11) is 1.59. The Balaban J connectivity index is 2.14. The smallest absolute Gasteiger partial charge is 0.301 e. The fourth-order valence-electron chi connectivity index (χ4n) is 1.81. The summed E-state index contributed by atoms with van der Waals surface area (Å²) >= 11 is 0. The van der Waals surface area contributed by atoms with E-state index in [1.54, 1.807) is 19.3 Å². The number of carbonyl (C=O) groups is 1. The minimum atomic E-state index is -0.524. The highest BCUT2D eigenvalue weighted by Gasteiger charge is 2.14. The van der Waals surface area contributed by atoms with E-state index < -0.39 is 5.91 Å². The van der Waals surface area contributed by atoms with Crippen LogP contribution >= 0.6 is 0 Å². The number of hydrogen-bond donors (Lipinski definition) is 1. The fraction of sp³-hybridized carbons (Fsp3) is 0.357. The van der Waals surface area contributed by atoms with Crippen LogP contribution in [0.25, 0.3) is 0 Å². The zero-order chi connectivity index (χ0) is 14.7. The molecule has 2 aromatic heterocycles. The van der Waals surface area contributed by atoms with Crippen molar-refractivity contribution in [2.24, 2.45) is 13.0 Å². The van der Waals surface area contributed by atoms with Crippen LogP contribution in [0.4, 0.5) is 6.01 Å². The van der Waals surface area contributed by atoms with Gasteiger partial charge in [0.1, 0.15) is 11.8 Å². The minimum absolute atomic E-state index is 0.0543. The summed E-state index contributed by atoms with van der Waals surface area (Å²) in [5.74, 6) is -0.0748. The molecule has 106 valence electrons. The van der Waals surface area contributed by atoms with Gasteiger partial charge in [-0.3, -0.25) is 14.9 Å². The Bertz CT molecular complexity index is 670. The van der Waals surface area contributed by atoms with Crippen molar-refractivity contribution in [3.05, 3.63) is 46.2 Å². The van der Waals surface area contributed by atoms with Crippen LogP contribution in [-0.4, -0.2) is 15.5 Å². The Kier molecular flexibility index (Phi) is 4.02. The second-order valence-electron chi connectivity index (χ2n) is 5.03. The molecule has 0 aliphatic carbocycles. The molecule has 6 heteroatoms. The average molecular weight is 275 g/mol. The van der Waals surface area contributed by atoms with Gasteiger partial charge in [0.05, 0.1) is 5.69 Å². The summed E-state index contributed by atoms with van der Waals surface area (Å²) in [6.07, 6.45) is 3.87. The van der Waals surface area contributed by atoms with Crippen LogP contribution in [0.15, 0.2) is 33.8 Å². The van der Waals surface area contributed by atoms with E-state index in [4.69, 9.17) is 4.42 Å². The standard InChI is InChI=1S/C14H17N3O3/c1-9(2)7-10-8-20-14(15-10)16-12(18)11-5-4-6-17(3)13(11)19/h4-6,8-9H,7H2,1-3H3,(H,15,16,18). The number of aryl methyl sites for hydroxylation is 1. The highest BCUT2D eigenvalue weighted by Crippen LogP contribution is 2.12. The lowest BCUT2D eigenvalue weighted by molar-refractivity contribution is 0.102. The second kappa shape index (κ2) is 5.73. The molecule has 1 N–H and O–H groups in total. The Morgan fingerprint density at radius 3 is 2.95 bits per heavy atom. The Labute approximate surface area is 116 Å². The van der Waals surface area contributed by atoms with Gasteiger partial charge in [0.15, 0.2) is 0 Å². The largest absolute Gasteiger partial charge is 0.432 e. The normalized spacial score (nSPS) is 10.8. The number of nitrogens with one attached hydrogen (secondary N) is 1. The predicted molar refractivity (Wildman–Crippen MR) is 74.7 cm³/mol. The maximum absolute atomic E-state index is 12.0. The number of hydrogen-bond acceptors (Lipinski definition) is 4. The number of aromatic nitrogens is 2. The molecule has 0 radical (unpaired) electrons. The summed E-state index contributed by atoms with van der Waals surface area (Å²) in [6.45, 7) is 4.14. The quantitative estimate of drug-likeness (QED) is 0.923. The van der Waals surface area contributed by atoms with Crippen LogP contribution in [0, 0.1) is 5.92 Å². The summed E-state index contributed by atoms with van der Waals surface area (Å²) in [5, 5.41) is 2.49. The van der Waals surface area contributed by atoms with Crippen molar-refractivity contribution in [2.75, 3.05) is 5.32 Å². The first-order valence-corrected chi connectivity index (χ1v) is 6.38. The van der Waals surface area contributed by atoms with E-state index in [2.05, 4.69) is 24.1 Å². The van der Waals surface area contributed by atoms with Gasteiger partial charge in [-0.1, -0.05) is 13.8 Å². The summed E-state index contributed by atoms with van der Waals surface area (Å²) < 4.78 is 6.52. The number of carbonyl (C=O) groups excluding carboxylic acids is 1. The van der Waals surface area contributed by atoms with Gasteiger partial charge < -0.3 is 8.98 Å². The molecule has 0 atom stereocenters. The average Bonchev–Trinajstić information content (AvgIpc) is 2.79. The van der Waals surface area contributed by atoms with Gasteiger partial charge in [-0.25, -0.2) is 0 Å². The van der Waals surface area contributed by atoms with E-state index in [1.165, 1.54) is 16.9 Å². The lowest BCUT2D eigenvalue weighted by Crippen LogP contribution is -2.27. The van der Waals surface area contributed by atoms with Crippen molar-refractivity contribution >= 4 is 11.9 Å². The van der Waals surface area contributed by atoms with Gasteiger partial charge in [-0.05, 0) is 24.5 Å². The predicted octanol–water partition coefficient (Wildman–Crippen LogP) is 1.82.